The summed E-state index contributed by atoms with van der Waals surface area (Å²) in [6, 6.07) is 5.79. The number of aryl methyl sites for hydroxylation is 1. The van der Waals surface area contributed by atoms with E-state index in [1.54, 1.807) is 11.8 Å². The van der Waals surface area contributed by atoms with Crippen molar-refractivity contribution >= 4 is 23.4 Å². The first-order valence-corrected chi connectivity index (χ1v) is 7.79. The van der Waals surface area contributed by atoms with E-state index in [0.29, 0.717) is 6.54 Å². The molecule has 3 N–H and O–H groups in total. The summed E-state index contributed by atoms with van der Waals surface area (Å²) in [7, 11) is 0. The molecule has 1 atom stereocenters. The van der Waals surface area contributed by atoms with Crippen molar-refractivity contribution in [1.29, 1.82) is 0 Å². The van der Waals surface area contributed by atoms with Crippen LogP contribution in [0, 0.1) is 18.8 Å². The summed E-state index contributed by atoms with van der Waals surface area (Å²) in [5.74, 6) is 7.03. The molecule has 0 radical (unpaired) electrons. The van der Waals surface area contributed by atoms with Gasteiger partial charge in [-0.25, -0.2) is 0 Å². The lowest BCUT2D eigenvalue weighted by atomic mass is 10.0. The molecule has 1 aliphatic rings. The van der Waals surface area contributed by atoms with Crippen molar-refractivity contribution in [2.24, 2.45) is 5.73 Å². The molecule has 1 aromatic carbocycles. The van der Waals surface area contributed by atoms with E-state index in [1.807, 2.05) is 32.0 Å². The minimum absolute atomic E-state index is 0.0974. The highest BCUT2D eigenvalue weighted by Gasteiger charge is 2.37. The Kier molecular flexibility index (Phi) is 4.74. The summed E-state index contributed by atoms with van der Waals surface area (Å²) in [6.45, 7) is 4.36. The van der Waals surface area contributed by atoms with Gasteiger partial charge in [0.05, 0.1) is 11.3 Å². The average molecular weight is 288 g/mol. The summed E-state index contributed by atoms with van der Waals surface area (Å²) in [4.78, 5) is 12.3. The summed E-state index contributed by atoms with van der Waals surface area (Å²) in [5, 5.41) is 3.02. The van der Waals surface area contributed by atoms with Crippen molar-refractivity contribution in [3.05, 3.63) is 29.3 Å². The summed E-state index contributed by atoms with van der Waals surface area (Å²) in [5.41, 5.74) is 8.21. The number of carbonyl (C=O) groups excluding carboxylic acids is 1. The highest BCUT2D eigenvalue weighted by atomic mass is 32.2. The Bertz CT molecular complexity index is 566. The van der Waals surface area contributed by atoms with E-state index >= 15 is 0 Å². The van der Waals surface area contributed by atoms with E-state index in [2.05, 4.69) is 17.2 Å². The van der Waals surface area contributed by atoms with Gasteiger partial charge in [-0.3, -0.25) is 4.79 Å². The Hall–Kier alpha value is -1.44. The molecule has 1 aliphatic heterocycles. The van der Waals surface area contributed by atoms with Crippen LogP contribution in [-0.2, 0) is 4.79 Å². The monoisotopic (exact) mass is 288 g/mol. The third-order valence-corrected chi connectivity index (χ3v) is 5.03. The van der Waals surface area contributed by atoms with Crippen LogP contribution in [0.1, 0.15) is 30.9 Å². The predicted octanol–water partition coefficient (Wildman–Crippen LogP) is 2.53. The minimum atomic E-state index is -0.286. The molecule has 0 bridgehead atoms. The maximum atomic E-state index is 12.3. The Morgan fingerprint density at radius 2 is 2.35 bits per heavy atom. The Morgan fingerprint density at radius 3 is 2.95 bits per heavy atom. The van der Waals surface area contributed by atoms with Crippen molar-refractivity contribution in [2.45, 2.75) is 31.4 Å². The fourth-order valence-electron chi connectivity index (χ4n) is 2.25. The molecule has 1 fully saturated rings. The maximum Gasteiger partial charge on any atom is 0.240 e. The van der Waals surface area contributed by atoms with Crippen LogP contribution < -0.4 is 11.1 Å². The number of hydrogen-bond acceptors (Lipinski definition) is 3. The number of nitrogens with one attached hydrogen (secondary N) is 1. The number of thioether (sulfide) groups is 1. The highest BCUT2D eigenvalue weighted by Crippen LogP contribution is 2.38. The second-order valence-corrected chi connectivity index (χ2v) is 6.77. The van der Waals surface area contributed by atoms with Gasteiger partial charge in [0.2, 0.25) is 5.91 Å². The predicted molar refractivity (Wildman–Crippen MR) is 85.8 cm³/mol. The summed E-state index contributed by atoms with van der Waals surface area (Å²) < 4.78 is -0.286. The second kappa shape index (κ2) is 6.34. The van der Waals surface area contributed by atoms with Crippen LogP contribution in [0.25, 0.3) is 0 Å². The van der Waals surface area contributed by atoms with Crippen LogP contribution in [-0.4, -0.2) is 23.0 Å². The van der Waals surface area contributed by atoms with Crippen LogP contribution in [0.15, 0.2) is 18.2 Å². The van der Waals surface area contributed by atoms with E-state index in [4.69, 9.17) is 5.73 Å². The molecule has 4 heteroatoms. The summed E-state index contributed by atoms with van der Waals surface area (Å²) in [6.07, 6.45) is 2.06. The topological polar surface area (TPSA) is 55.1 Å². The molecule has 3 nitrogen and oxygen atoms in total. The zero-order valence-electron chi connectivity index (χ0n) is 12.0. The van der Waals surface area contributed by atoms with Gasteiger partial charge >= 0.3 is 0 Å². The van der Waals surface area contributed by atoms with Gasteiger partial charge in [0.25, 0.3) is 0 Å². The lowest BCUT2D eigenvalue weighted by Crippen LogP contribution is -2.34. The van der Waals surface area contributed by atoms with Gasteiger partial charge in [0.1, 0.15) is 0 Å². The molecule has 0 aliphatic carbocycles. The maximum absolute atomic E-state index is 12.3. The third-order valence-electron chi connectivity index (χ3n) is 3.51. The molecule has 1 heterocycles. The zero-order valence-corrected chi connectivity index (χ0v) is 12.8. The number of anilines is 1. The van der Waals surface area contributed by atoms with Gasteiger partial charge in [0.15, 0.2) is 0 Å². The Labute approximate surface area is 124 Å². The van der Waals surface area contributed by atoms with Crippen molar-refractivity contribution in [3.8, 4) is 11.8 Å². The van der Waals surface area contributed by atoms with Gasteiger partial charge < -0.3 is 11.1 Å². The van der Waals surface area contributed by atoms with Crippen LogP contribution in [0.2, 0.25) is 0 Å². The van der Waals surface area contributed by atoms with Gasteiger partial charge in [-0.1, -0.05) is 11.8 Å². The molecule has 20 heavy (non-hydrogen) atoms. The largest absolute Gasteiger partial charge is 0.325 e. The number of carbonyl (C=O) groups is 1. The average Bonchev–Trinajstić information content (AvgIpc) is 2.86. The smallest absolute Gasteiger partial charge is 0.240 e. The molecule has 0 spiro atoms. The van der Waals surface area contributed by atoms with Crippen LogP contribution >= 0.6 is 11.8 Å². The van der Waals surface area contributed by atoms with Crippen LogP contribution in [0.3, 0.4) is 0 Å². The van der Waals surface area contributed by atoms with Gasteiger partial charge in [0, 0.05) is 11.3 Å². The summed E-state index contributed by atoms with van der Waals surface area (Å²) >= 11 is 1.74. The molecule has 1 amide bonds. The molecular formula is C16H20N2OS. The van der Waals surface area contributed by atoms with E-state index < -0.39 is 0 Å². The lowest BCUT2D eigenvalue weighted by Gasteiger charge is -2.21. The first kappa shape index (κ1) is 15.0. The normalized spacial score (nSPS) is 21.1. The van der Waals surface area contributed by atoms with Crippen molar-refractivity contribution in [1.82, 2.24) is 0 Å². The number of amides is 1. The molecule has 1 unspecified atom stereocenters. The highest BCUT2D eigenvalue weighted by molar-refractivity contribution is 8.01. The molecule has 0 saturated carbocycles. The first-order valence-electron chi connectivity index (χ1n) is 6.80. The molecule has 1 saturated heterocycles. The minimum Gasteiger partial charge on any atom is -0.325 e. The van der Waals surface area contributed by atoms with Crippen LogP contribution in [0.4, 0.5) is 5.69 Å². The van der Waals surface area contributed by atoms with E-state index in [9.17, 15) is 4.79 Å². The van der Waals surface area contributed by atoms with Gasteiger partial charge in [-0.05, 0) is 56.2 Å². The van der Waals surface area contributed by atoms with Crippen molar-refractivity contribution < 1.29 is 4.79 Å². The number of hydrogen-bond donors (Lipinski definition) is 2. The third kappa shape index (κ3) is 3.36. The lowest BCUT2D eigenvalue weighted by molar-refractivity contribution is -0.118. The number of benzene rings is 1. The number of rotatable bonds is 2. The Balaban J connectivity index is 2.10. The second-order valence-electron chi connectivity index (χ2n) is 5.17. The van der Waals surface area contributed by atoms with Gasteiger partial charge in [-0.15, -0.1) is 11.8 Å². The van der Waals surface area contributed by atoms with Gasteiger partial charge in [-0.2, -0.15) is 0 Å². The van der Waals surface area contributed by atoms with Crippen molar-refractivity contribution in [2.75, 3.05) is 17.6 Å². The molecule has 1 aromatic rings. The standard InChI is InChI=1S/C16H20N2OS/c1-12-11-14(7-6-13(12)5-3-9-17)18-15(19)16(2)8-4-10-20-16/h6-7,11H,4,8-10,17H2,1-2H3,(H,18,19). The van der Waals surface area contributed by atoms with E-state index in [-0.39, 0.29) is 10.7 Å². The molecule has 0 aromatic heterocycles. The van der Waals surface area contributed by atoms with Crippen LogP contribution in [0.5, 0.6) is 0 Å². The Morgan fingerprint density at radius 1 is 1.55 bits per heavy atom. The number of nitrogens with two attached hydrogens (primary N) is 1. The molecular weight excluding hydrogens is 268 g/mol. The SMILES string of the molecule is Cc1cc(NC(=O)C2(C)CCCS2)ccc1C#CCN. The fourth-order valence-corrected chi connectivity index (χ4v) is 3.46. The quantitative estimate of drug-likeness (QED) is 0.822. The molecule has 106 valence electrons. The zero-order chi connectivity index (χ0) is 14.6. The van der Waals surface area contributed by atoms with E-state index in [0.717, 1.165) is 35.4 Å². The fraction of sp³-hybridized carbons (Fsp3) is 0.438. The van der Waals surface area contributed by atoms with E-state index in [1.165, 1.54) is 0 Å². The first-order chi connectivity index (χ1) is 9.55. The van der Waals surface area contributed by atoms with Crippen molar-refractivity contribution in [3.63, 3.8) is 0 Å². The molecule has 2 rings (SSSR count).